The smallest absolute Gasteiger partial charge is 0.223 e. The molecule has 116 valence electrons. The third kappa shape index (κ3) is 5.27. The average Bonchev–Trinajstić information content (AvgIpc) is 2.93. The number of likely N-dealkylation sites (tertiary alicyclic amines) is 1. The van der Waals surface area contributed by atoms with Crippen LogP contribution in [0.3, 0.4) is 0 Å². The second-order valence-electron chi connectivity index (χ2n) is 5.61. The maximum atomic E-state index is 11.9. The van der Waals surface area contributed by atoms with E-state index in [1.54, 1.807) is 6.07 Å². The van der Waals surface area contributed by atoms with Crippen LogP contribution in [0.25, 0.3) is 0 Å². The molecule has 0 bridgehead atoms. The van der Waals surface area contributed by atoms with Crippen molar-refractivity contribution in [3.8, 4) is 5.75 Å². The van der Waals surface area contributed by atoms with Gasteiger partial charge in [0.15, 0.2) is 0 Å². The average molecular weight is 291 g/mol. The summed E-state index contributed by atoms with van der Waals surface area (Å²) in [6.45, 7) is 5.62. The van der Waals surface area contributed by atoms with Gasteiger partial charge in [0.25, 0.3) is 0 Å². The minimum atomic E-state index is 0.0243. The normalized spacial score (nSPS) is 16.6. The van der Waals surface area contributed by atoms with E-state index >= 15 is 0 Å². The Kier molecular flexibility index (Phi) is 5.87. The van der Waals surface area contributed by atoms with Crippen molar-refractivity contribution in [2.75, 3.05) is 32.0 Å². The van der Waals surface area contributed by atoms with Crippen LogP contribution in [0.1, 0.15) is 26.2 Å². The molecular weight excluding hydrogens is 266 g/mol. The van der Waals surface area contributed by atoms with E-state index in [0.717, 1.165) is 19.6 Å². The van der Waals surface area contributed by atoms with Crippen molar-refractivity contribution in [1.82, 2.24) is 10.2 Å². The summed E-state index contributed by atoms with van der Waals surface area (Å²) in [5, 5.41) is 3.02. The zero-order chi connectivity index (χ0) is 15.1. The third-order valence-corrected chi connectivity index (χ3v) is 3.64. The van der Waals surface area contributed by atoms with E-state index in [4.69, 9.17) is 10.5 Å². The number of nitrogens with zero attached hydrogens (tertiary/aromatic N) is 1. The molecule has 5 heteroatoms. The quantitative estimate of drug-likeness (QED) is 0.749. The first-order valence-electron chi connectivity index (χ1n) is 7.64. The van der Waals surface area contributed by atoms with E-state index in [1.807, 2.05) is 25.1 Å². The molecule has 0 aliphatic carbocycles. The number of ether oxygens (including phenoxy) is 1. The van der Waals surface area contributed by atoms with Crippen molar-refractivity contribution < 1.29 is 9.53 Å². The van der Waals surface area contributed by atoms with E-state index in [9.17, 15) is 4.79 Å². The Morgan fingerprint density at radius 1 is 1.38 bits per heavy atom. The molecule has 0 radical (unpaired) electrons. The maximum absolute atomic E-state index is 11.9. The third-order valence-electron chi connectivity index (χ3n) is 3.64. The van der Waals surface area contributed by atoms with Crippen LogP contribution >= 0.6 is 0 Å². The van der Waals surface area contributed by atoms with Gasteiger partial charge < -0.3 is 20.7 Å². The second kappa shape index (κ2) is 7.88. The molecular formula is C16H25N3O2. The molecule has 0 aromatic heterocycles. The fourth-order valence-corrected chi connectivity index (χ4v) is 2.61. The highest BCUT2D eigenvalue weighted by Gasteiger charge is 2.15. The molecule has 1 unspecified atom stereocenters. The lowest BCUT2D eigenvalue weighted by atomic mass is 10.3. The zero-order valence-corrected chi connectivity index (χ0v) is 12.7. The van der Waals surface area contributed by atoms with Gasteiger partial charge in [0.1, 0.15) is 5.75 Å². The molecule has 1 atom stereocenters. The first-order chi connectivity index (χ1) is 10.1. The number of rotatable bonds is 7. The minimum absolute atomic E-state index is 0.0243. The topological polar surface area (TPSA) is 67.6 Å². The van der Waals surface area contributed by atoms with E-state index in [-0.39, 0.29) is 11.9 Å². The molecule has 1 aliphatic rings. The molecule has 0 saturated carbocycles. The van der Waals surface area contributed by atoms with Gasteiger partial charge in [-0.05, 0) is 45.0 Å². The van der Waals surface area contributed by atoms with E-state index < -0.39 is 0 Å². The molecule has 1 aromatic carbocycles. The minimum Gasteiger partial charge on any atom is -0.491 e. The molecule has 2 rings (SSSR count). The summed E-state index contributed by atoms with van der Waals surface area (Å²) in [7, 11) is 0. The van der Waals surface area contributed by atoms with Crippen LogP contribution in [0.2, 0.25) is 0 Å². The monoisotopic (exact) mass is 291 g/mol. The van der Waals surface area contributed by atoms with Crippen LogP contribution < -0.4 is 15.8 Å². The van der Waals surface area contributed by atoms with Crippen LogP contribution in [0.5, 0.6) is 5.75 Å². The summed E-state index contributed by atoms with van der Waals surface area (Å²) in [5.74, 6) is 0.659. The van der Waals surface area contributed by atoms with Gasteiger partial charge in [-0.25, -0.2) is 0 Å². The fraction of sp³-hybridized carbons (Fsp3) is 0.562. The van der Waals surface area contributed by atoms with Crippen LogP contribution in [0.15, 0.2) is 24.3 Å². The van der Waals surface area contributed by atoms with Crippen LogP contribution in [-0.4, -0.2) is 43.1 Å². The van der Waals surface area contributed by atoms with Crippen molar-refractivity contribution in [2.24, 2.45) is 0 Å². The van der Waals surface area contributed by atoms with Gasteiger partial charge in [-0.3, -0.25) is 4.79 Å². The number of amides is 1. The molecule has 1 heterocycles. The lowest BCUT2D eigenvalue weighted by Crippen LogP contribution is -2.41. The largest absolute Gasteiger partial charge is 0.491 e. The van der Waals surface area contributed by atoms with E-state index in [2.05, 4.69) is 10.2 Å². The summed E-state index contributed by atoms with van der Waals surface area (Å²) >= 11 is 0. The summed E-state index contributed by atoms with van der Waals surface area (Å²) in [6.07, 6.45) is 2.89. The molecule has 1 amide bonds. The lowest BCUT2D eigenvalue weighted by Gasteiger charge is -2.21. The van der Waals surface area contributed by atoms with Crippen molar-refractivity contribution in [1.29, 1.82) is 0 Å². The van der Waals surface area contributed by atoms with Crippen LogP contribution in [0.4, 0.5) is 5.69 Å². The number of hydrogen-bond acceptors (Lipinski definition) is 4. The summed E-state index contributed by atoms with van der Waals surface area (Å²) in [5.41, 5.74) is 6.38. The van der Waals surface area contributed by atoms with Gasteiger partial charge in [-0.2, -0.15) is 0 Å². The first kappa shape index (κ1) is 15.6. The molecule has 1 aromatic rings. The summed E-state index contributed by atoms with van der Waals surface area (Å²) in [4.78, 5) is 14.3. The Bertz CT molecular complexity index is 459. The van der Waals surface area contributed by atoms with Gasteiger partial charge in [0.05, 0.1) is 18.7 Å². The molecule has 1 aliphatic heterocycles. The Balaban J connectivity index is 1.64. The number of nitrogens with one attached hydrogen (secondary N) is 1. The number of nitrogens with two attached hydrogens (primary N) is 1. The maximum Gasteiger partial charge on any atom is 0.223 e. The highest BCUT2D eigenvalue weighted by atomic mass is 16.5. The molecule has 1 fully saturated rings. The Morgan fingerprint density at radius 3 is 2.81 bits per heavy atom. The van der Waals surface area contributed by atoms with Crippen molar-refractivity contribution in [3.05, 3.63) is 24.3 Å². The second-order valence-corrected chi connectivity index (χ2v) is 5.61. The first-order valence-corrected chi connectivity index (χ1v) is 7.64. The van der Waals surface area contributed by atoms with Gasteiger partial charge in [-0.15, -0.1) is 0 Å². The number of para-hydroxylation sites is 2. The van der Waals surface area contributed by atoms with Gasteiger partial charge in [0.2, 0.25) is 5.91 Å². The Morgan fingerprint density at radius 2 is 2.10 bits per heavy atom. The predicted octanol–water partition coefficient (Wildman–Crippen LogP) is 1.64. The molecule has 5 nitrogen and oxygen atoms in total. The van der Waals surface area contributed by atoms with Crippen molar-refractivity contribution in [3.63, 3.8) is 0 Å². The summed E-state index contributed by atoms with van der Waals surface area (Å²) < 4.78 is 5.53. The number of hydrogen-bond donors (Lipinski definition) is 2. The highest BCUT2D eigenvalue weighted by molar-refractivity contribution is 5.76. The molecule has 0 spiro atoms. The van der Waals surface area contributed by atoms with Crippen LogP contribution in [0, 0.1) is 0 Å². The molecule has 1 saturated heterocycles. The molecule has 3 N–H and O–H groups in total. The molecule has 21 heavy (non-hydrogen) atoms. The number of carbonyl (C=O) groups is 1. The summed E-state index contributed by atoms with van der Waals surface area (Å²) in [6, 6.07) is 7.49. The van der Waals surface area contributed by atoms with Gasteiger partial charge in [-0.1, -0.05) is 12.1 Å². The van der Waals surface area contributed by atoms with E-state index in [0.29, 0.717) is 24.5 Å². The van der Waals surface area contributed by atoms with Crippen molar-refractivity contribution in [2.45, 2.75) is 32.2 Å². The van der Waals surface area contributed by atoms with Crippen molar-refractivity contribution >= 4 is 11.6 Å². The number of carbonyl (C=O) groups excluding carboxylic acids is 1. The predicted molar refractivity (Wildman–Crippen MR) is 84.2 cm³/mol. The highest BCUT2D eigenvalue weighted by Crippen LogP contribution is 2.19. The lowest BCUT2D eigenvalue weighted by molar-refractivity contribution is -0.122. The Hall–Kier alpha value is -1.75. The zero-order valence-electron chi connectivity index (χ0n) is 12.7. The van der Waals surface area contributed by atoms with Gasteiger partial charge in [0, 0.05) is 12.6 Å². The Labute approximate surface area is 126 Å². The van der Waals surface area contributed by atoms with Crippen LogP contribution in [-0.2, 0) is 4.79 Å². The number of benzene rings is 1. The SMILES string of the molecule is CC(CN1CCCC1)NC(=O)CCOc1ccccc1N. The fourth-order valence-electron chi connectivity index (χ4n) is 2.61. The van der Waals surface area contributed by atoms with Gasteiger partial charge >= 0.3 is 0 Å². The number of anilines is 1. The number of nitrogen functional groups attached to an aromatic ring is 1. The standard InChI is InChI=1S/C16H25N3O2/c1-13(12-19-9-4-5-10-19)18-16(20)8-11-21-15-7-3-2-6-14(15)17/h2-3,6-7,13H,4-5,8-12,17H2,1H3,(H,18,20). The van der Waals surface area contributed by atoms with E-state index in [1.165, 1.54) is 12.8 Å².